The van der Waals surface area contributed by atoms with Crippen LogP contribution in [0, 0.1) is 5.92 Å². The number of rotatable bonds is 7. The van der Waals surface area contributed by atoms with Crippen molar-refractivity contribution in [1.82, 2.24) is 24.9 Å². The Morgan fingerprint density at radius 1 is 0.953 bits per heavy atom. The van der Waals surface area contributed by atoms with Crippen LogP contribution in [0.1, 0.15) is 63.9 Å². The predicted molar refractivity (Wildman–Crippen MR) is 160 cm³/mol. The number of benzene rings is 1. The molecular weight excluding hydrogens is 583 g/mol. The highest BCUT2D eigenvalue weighted by Gasteiger charge is 2.44. The molecule has 0 spiro atoms. The van der Waals surface area contributed by atoms with Gasteiger partial charge in [-0.2, -0.15) is 13.2 Å². The average Bonchev–Trinajstić information content (AvgIpc) is 2.98. The van der Waals surface area contributed by atoms with Crippen LogP contribution in [0.4, 0.5) is 18.0 Å². The molecule has 1 aliphatic carbocycles. The zero-order valence-corrected chi connectivity index (χ0v) is 26.2. The van der Waals surface area contributed by atoms with Gasteiger partial charge in [0.25, 0.3) is 0 Å². The number of likely N-dealkylation sites (tertiary alicyclic amines) is 2. The first-order valence-electron chi connectivity index (χ1n) is 15.5. The van der Waals surface area contributed by atoms with Crippen molar-refractivity contribution in [2.75, 3.05) is 40.3 Å². The molecule has 43 heavy (non-hydrogen) atoms. The first-order chi connectivity index (χ1) is 20.3. The van der Waals surface area contributed by atoms with Crippen molar-refractivity contribution in [2.45, 2.75) is 95.1 Å². The Bertz CT molecular complexity index is 1100. The number of hydrogen-bond donors (Lipinski definition) is 1. The summed E-state index contributed by atoms with van der Waals surface area (Å²) in [5.41, 5.74) is 0.919. The number of carbonyl (C=O) groups excluding carboxylic acids is 3. The van der Waals surface area contributed by atoms with E-state index in [0.29, 0.717) is 43.8 Å². The van der Waals surface area contributed by atoms with E-state index in [1.807, 2.05) is 17.0 Å². The highest BCUT2D eigenvalue weighted by molar-refractivity contribution is 6.30. The Morgan fingerprint density at radius 2 is 1.56 bits per heavy atom. The summed E-state index contributed by atoms with van der Waals surface area (Å²) in [5.74, 6) is -1.79. The van der Waals surface area contributed by atoms with Crippen LogP contribution in [0.15, 0.2) is 24.3 Å². The van der Waals surface area contributed by atoms with E-state index in [0.717, 1.165) is 36.1 Å². The van der Waals surface area contributed by atoms with Gasteiger partial charge in [-0.25, -0.2) is 4.79 Å². The van der Waals surface area contributed by atoms with Crippen molar-refractivity contribution in [2.24, 2.45) is 5.92 Å². The summed E-state index contributed by atoms with van der Waals surface area (Å²) in [6.07, 6.45) is 2.31. The fourth-order valence-corrected chi connectivity index (χ4v) is 7.04. The molecule has 0 aromatic heterocycles. The number of hydrogen-bond acceptors (Lipinski definition) is 4. The monoisotopic (exact) mass is 627 g/mol. The molecule has 1 N–H and O–H groups in total. The lowest BCUT2D eigenvalue weighted by molar-refractivity contribution is -0.186. The second-order valence-corrected chi connectivity index (χ2v) is 13.0. The quantitative estimate of drug-likeness (QED) is 0.464. The van der Waals surface area contributed by atoms with Gasteiger partial charge in [-0.05, 0) is 62.1 Å². The number of piperidine rings is 2. The molecule has 2 aliphatic heterocycles. The second kappa shape index (κ2) is 14.5. The summed E-state index contributed by atoms with van der Waals surface area (Å²) in [4.78, 5) is 45.5. The Hall–Kier alpha value is -2.53. The Morgan fingerprint density at radius 3 is 2.12 bits per heavy atom. The van der Waals surface area contributed by atoms with Crippen molar-refractivity contribution >= 4 is 29.4 Å². The molecule has 2 unspecified atom stereocenters. The van der Waals surface area contributed by atoms with Gasteiger partial charge in [0.1, 0.15) is 0 Å². The third kappa shape index (κ3) is 8.56. The molecule has 8 nitrogen and oxygen atoms in total. The first-order valence-corrected chi connectivity index (χ1v) is 15.9. The highest BCUT2D eigenvalue weighted by Crippen LogP contribution is 2.31. The second-order valence-electron chi connectivity index (χ2n) is 12.6. The zero-order chi connectivity index (χ0) is 31.3. The van der Waals surface area contributed by atoms with Crippen molar-refractivity contribution in [1.29, 1.82) is 0 Å². The normalized spacial score (nSPS) is 23.1. The number of amides is 4. The van der Waals surface area contributed by atoms with Crippen molar-refractivity contribution in [3.8, 4) is 0 Å². The number of alkyl halides is 3. The maximum absolute atomic E-state index is 14.0. The molecule has 1 saturated carbocycles. The van der Waals surface area contributed by atoms with E-state index in [9.17, 15) is 27.6 Å². The Balaban J connectivity index is 1.45. The molecular formula is C31H45ClF3N5O3. The summed E-state index contributed by atoms with van der Waals surface area (Å²) in [7, 11) is 3.58. The van der Waals surface area contributed by atoms with Gasteiger partial charge < -0.3 is 24.9 Å². The van der Waals surface area contributed by atoms with E-state index < -0.39 is 18.1 Å². The van der Waals surface area contributed by atoms with Crippen LogP contribution in [-0.4, -0.2) is 108 Å². The fourth-order valence-electron chi connectivity index (χ4n) is 6.91. The Labute approximate surface area is 257 Å². The van der Waals surface area contributed by atoms with Crippen LogP contribution in [0.3, 0.4) is 0 Å². The summed E-state index contributed by atoms with van der Waals surface area (Å²) < 4.78 is 38.8. The standard InChI is InChI=1S/C31H45ClF3N5O3/c1-21-20-39(18-15-27(21)40(30(43)37(2)3)25-7-5-4-6-8-25)28(41)26(19-22-9-11-23(32)12-10-22)36-24-13-16-38(17-14-24)29(42)31(33,34)35/h9-12,21,24-27,36H,4-8,13-20H2,1-3H3/t21?,26-,27?/m0/s1. The third-order valence-electron chi connectivity index (χ3n) is 9.21. The molecule has 3 fully saturated rings. The van der Waals surface area contributed by atoms with Crippen LogP contribution in [0.25, 0.3) is 0 Å². The van der Waals surface area contributed by atoms with Crippen LogP contribution in [0.5, 0.6) is 0 Å². The number of halogens is 4. The Kier molecular flexibility index (Phi) is 11.3. The lowest BCUT2D eigenvalue weighted by Gasteiger charge is -2.48. The van der Waals surface area contributed by atoms with Gasteiger partial charge >= 0.3 is 18.1 Å². The lowest BCUT2D eigenvalue weighted by atomic mass is 9.87. The molecule has 3 aliphatic rings. The minimum Gasteiger partial charge on any atom is -0.341 e. The summed E-state index contributed by atoms with van der Waals surface area (Å²) in [6.45, 7) is 3.12. The maximum atomic E-state index is 14.0. The average molecular weight is 628 g/mol. The number of urea groups is 1. The third-order valence-corrected chi connectivity index (χ3v) is 9.47. The molecule has 2 heterocycles. The van der Waals surface area contributed by atoms with Gasteiger partial charge in [0.2, 0.25) is 5.91 Å². The van der Waals surface area contributed by atoms with Crippen LogP contribution >= 0.6 is 11.6 Å². The SMILES string of the molecule is CC1CN(C(=O)[C@H](Cc2ccc(Cl)cc2)NC2CCN(C(=O)C(F)(F)F)CC2)CCC1N(C(=O)N(C)C)C1CCCCC1. The topological polar surface area (TPSA) is 76.2 Å². The molecule has 1 aromatic rings. The lowest BCUT2D eigenvalue weighted by Crippen LogP contribution is -2.61. The smallest absolute Gasteiger partial charge is 0.341 e. The molecule has 0 bridgehead atoms. The van der Waals surface area contributed by atoms with Gasteiger partial charge in [0.05, 0.1) is 6.04 Å². The van der Waals surface area contributed by atoms with Gasteiger partial charge in [-0.3, -0.25) is 9.59 Å². The number of carbonyl (C=O) groups is 3. The van der Waals surface area contributed by atoms with E-state index in [2.05, 4.69) is 17.1 Å². The van der Waals surface area contributed by atoms with Crippen LogP contribution < -0.4 is 5.32 Å². The zero-order valence-electron chi connectivity index (χ0n) is 25.4. The van der Waals surface area contributed by atoms with E-state index in [1.54, 1.807) is 31.1 Å². The molecule has 0 radical (unpaired) electrons. The molecule has 240 valence electrons. The van der Waals surface area contributed by atoms with E-state index >= 15 is 0 Å². The van der Waals surface area contributed by atoms with Crippen molar-refractivity contribution < 1.29 is 27.6 Å². The maximum Gasteiger partial charge on any atom is 0.471 e. The molecule has 3 atom stereocenters. The summed E-state index contributed by atoms with van der Waals surface area (Å²) >= 11 is 6.08. The predicted octanol–water partition coefficient (Wildman–Crippen LogP) is 4.95. The summed E-state index contributed by atoms with van der Waals surface area (Å²) in [5, 5.41) is 4.02. The molecule has 1 aromatic carbocycles. The van der Waals surface area contributed by atoms with Gasteiger partial charge in [-0.1, -0.05) is 49.9 Å². The van der Waals surface area contributed by atoms with Crippen molar-refractivity contribution in [3.05, 3.63) is 34.9 Å². The van der Waals surface area contributed by atoms with Gasteiger partial charge in [0, 0.05) is 63.4 Å². The van der Waals surface area contributed by atoms with E-state index in [1.165, 1.54) is 6.42 Å². The molecule has 4 amide bonds. The largest absolute Gasteiger partial charge is 0.471 e. The van der Waals surface area contributed by atoms with Crippen LogP contribution in [-0.2, 0) is 16.0 Å². The van der Waals surface area contributed by atoms with E-state index in [-0.39, 0.29) is 49.1 Å². The molecule has 4 rings (SSSR count). The number of nitrogens with one attached hydrogen (secondary N) is 1. The van der Waals surface area contributed by atoms with Gasteiger partial charge in [-0.15, -0.1) is 0 Å². The number of nitrogens with zero attached hydrogens (tertiary/aromatic N) is 4. The van der Waals surface area contributed by atoms with E-state index in [4.69, 9.17) is 11.6 Å². The summed E-state index contributed by atoms with van der Waals surface area (Å²) in [6, 6.07) is 6.79. The first kappa shape index (κ1) is 33.4. The van der Waals surface area contributed by atoms with Crippen molar-refractivity contribution in [3.63, 3.8) is 0 Å². The molecule has 2 saturated heterocycles. The molecule has 12 heteroatoms. The fraction of sp³-hybridized carbons (Fsp3) is 0.710. The van der Waals surface area contributed by atoms with Gasteiger partial charge in [0.15, 0.2) is 0 Å². The minimum absolute atomic E-state index is 0.0167. The minimum atomic E-state index is -4.89. The van der Waals surface area contributed by atoms with Crippen LogP contribution in [0.2, 0.25) is 5.02 Å². The highest BCUT2D eigenvalue weighted by atomic mass is 35.5.